The number of benzene rings is 1. The maximum atomic E-state index is 11.1. The number of hydrogen-bond acceptors (Lipinski definition) is 5. The average Bonchev–Trinajstić information content (AvgIpc) is 2.43. The minimum atomic E-state index is -4.16. The van der Waals surface area contributed by atoms with E-state index in [1.807, 2.05) is 6.92 Å². The van der Waals surface area contributed by atoms with Crippen molar-refractivity contribution in [3.05, 3.63) is 29.8 Å². The summed E-state index contributed by atoms with van der Waals surface area (Å²) < 4.78 is 31.3. The van der Waals surface area contributed by atoms with Crippen LogP contribution in [0.5, 0.6) is 0 Å². The van der Waals surface area contributed by atoms with Crippen LogP contribution in [0.25, 0.3) is 0 Å². The van der Waals surface area contributed by atoms with Crippen LogP contribution in [0.1, 0.15) is 58.9 Å². The molecule has 1 aromatic rings. The lowest BCUT2D eigenvalue weighted by atomic mass is 9.79. The second kappa shape index (κ2) is 6.96. The van der Waals surface area contributed by atoms with Crippen LogP contribution in [-0.4, -0.2) is 41.8 Å². The van der Waals surface area contributed by atoms with E-state index >= 15 is 0 Å². The molecular formula is C18H30N2O4S. The van der Waals surface area contributed by atoms with Gasteiger partial charge in [-0.05, 0) is 58.2 Å². The highest BCUT2D eigenvalue weighted by Crippen LogP contribution is 2.38. The van der Waals surface area contributed by atoms with E-state index in [1.54, 1.807) is 12.1 Å². The minimum Gasteiger partial charge on any atom is -0.328 e. The number of hydroxylamine groups is 2. The predicted molar refractivity (Wildman–Crippen MR) is 97.8 cm³/mol. The molecule has 0 bridgehead atoms. The molecular weight excluding hydrogens is 340 g/mol. The van der Waals surface area contributed by atoms with Gasteiger partial charge in [0, 0.05) is 23.0 Å². The molecule has 0 spiro atoms. The van der Waals surface area contributed by atoms with Crippen molar-refractivity contribution in [2.75, 3.05) is 6.61 Å². The third-order valence-electron chi connectivity index (χ3n) is 4.82. The van der Waals surface area contributed by atoms with Crippen molar-refractivity contribution in [3.63, 3.8) is 0 Å². The zero-order valence-electron chi connectivity index (χ0n) is 15.7. The fourth-order valence-corrected chi connectivity index (χ4v) is 4.42. The Bertz CT molecular complexity index is 680. The highest BCUT2D eigenvalue weighted by Gasteiger charge is 2.45. The van der Waals surface area contributed by atoms with E-state index in [0.717, 1.165) is 18.4 Å². The van der Waals surface area contributed by atoms with Gasteiger partial charge in [0.1, 0.15) is 0 Å². The minimum absolute atomic E-state index is 0.0812. The first-order valence-electron chi connectivity index (χ1n) is 8.59. The van der Waals surface area contributed by atoms with Crippen LogP contribution in [-0.2, 0) is 15.0 Å². The molecule has 0 radical (unpaired) electrons. The van der Waals surface area contributed by atoms with E-state index < -0.39 is 10.1 Å². The van der Waals surface area contributed by atoms with Crippen molar-refractivity contribution in [1.29, 1.82) is 0 Å². The Morgan fingerprint density at radius 3 is 2.12 bits per heavy atom. The van der Waals surface area contributed by atoms with Crippen molar-refractivity contribution >= 4 is 10.1 Å². The zero-order chi connectivity index (χ0) is 19.0. The first-order chi connectivity index (χ1) is 11.3. The van der Waals surface area contributed by atoms with Gasteiger partial charge in [0.05, 0.1) is 11.5 Å². The summed E-state index contributed by atoms with van der Waals surface area (Å²) in [5, 5.41) is 2.06. The number of rotatable bonds is 5. The van der Waals surface area contributed by atoms with Crippen LogP contribution >= 0.6 is 0 Å². The van der Waals surface area contributed by atoms with Crippen LogP contribution in [0, 0.1) is 0 Å². The highest BCUT2D eigenvalue weighted by atomic mass is 32.2. The van der Waals surface area contributed by atoms with Gasteiger partial charge in [-0.2, -0.15) is 13.5 Å². The van der Waals surface area contributed by atoms with Gasteiger partial charge in [-0.1, -0.05) is 19.1 Å². The Morgan fingerprint density at radius 2 is 1.68 bits per heavy atom. The second-order valence-electron chi connectivity index (χ2n) is 8.33. The van der Waals surface area contributed by atoms with Crippen molar-refractivity contribution in [2.45, 2.75) is 75.4 Å². The molecule has 7 heteroatoms. The summed E-state index contributed by atoms with van der Waals surface area (Å²) >= 11 is 0. The average molecular weight is 371 g/mol. The molecule has 1 fully saturated rings. The van der Waals surface area contributed by atoms with Crippen molar-refractivity contribution < 1.29 is 17.8 Å². The van der Waals surface area contributed by atoms with Crippen molar-refractivity contribution in [1.82, 2.24) is 5.06 Å². The summed E-state index contributed by atoms with van der Waals surface area (Å²) in [7, 11) is -4.16. The number of nitrogens with zero attached hydrogens (tertiary/aromatic N) is 1. The Hall–Kier alpha value is -0.990. The van der Waals surface area contributed by atoms with Gasteiger partial charge in [-0.3, -0.25) is 9.39 Å². The summed E-state index contributed by atoms with van der Waals surface area (Å²) in [5.41, 5.74) is 6.83. The normalized spacial score (nSPS) is 22.7. The molecule has 1 atom stereocenters. The maximum absolute atomic E-state index is 11.1. The van der Waals surface area contributed by atoms with Crippen LogP contribution < -0.4 is 5.73 Å². The second-order valence-corrected chi connectivity index (χ2v) is 9.75. The molecule has 6 nitrogen and oxygen atoms in total. The molecule has 142 valence electrons. The van der Waals surface area contributed by atoms with Gasteiger partial charge in [0.2, 0.25) is 0 Å². The van der Waals surface area contributed by atoms with Crippen LogP contribution in [0.2, 0.25) is 0 Å². The molecule has 1 heterocycles. The Morgan fingerprint density at radius 1 is 1.20 bits per heavy atom. The lowest BCUT2D eigenvalue weighted by Gasteiger charge is -2.53. The number of nitrogens with two attached hydrogens (primary N) is 1. The van der Waals surface area contributed by atoms with E-state index in [9.17, 15) is 8.42 Å². The van der Waals surface area contributed by atoms with Crippen molar-refractivity contribution in [3.8, 4) is 0 Å². The summed E-state index contributed by atoms with van der Waals surface area (Å²) in [6.45, 7) is 11.1. The first kappa shape index (κ1) is 20.3. The molecule has 1 aromatic carbocycles. The smallest absolute Gasteiger partial charge is 0.294 e. The van der Waals surface area contributed by atoms with Gasteiger partial charge in [0.15, 0.2) is 0 Å². The quantitative estimate of drug-likeness (QED) is 0.774. The molecule has 1 saturated heterocycles. The Kier molecular flexibility index (Phi) is 5.66. The fourth-order valence-electron chi connectivity index (χ4n) is 3.94. The topological polar surface area (TPSA) is 92.9 Å². The Balaban J connectivity index is 2.07. The van der Waals surface area contributed by atoms with E-state index in [4.69, 9.17) is 15.1 Å². The zero-order valence-corrected chi connectivity index (χ0v) is 16.5. The highest BCUT2D eigenvalue weighted by molar-refractivity contribution is 7.85. The molecule has 0 aromatic heterocycles. The van der Waals surface area contributed by atoms with Gasteiger partial charge < -0.3 is 5.73 Å². The summed E-state index contributed by atoms with van der Waals surface area (Å²) in [6, 6.07) is 6.40. The van der Waals surface area contributed by atoms with E-state index in [1.165, 1.54) is 12.1 Å². The van der Waals surface area contributed by atoms with Crippen molar-refractivity contribution in [2.24, 2.45) is 5.73 Å². The Labute approximate surface area is 151 Å². The van der Waals surface area contributed by atoms with Crippen LogP contribution in [0.4, 0.5) is 0 Å². The molecule has 2 rings (SSSR count). The first-order valence-corrected chi connectivity index (χ1v) is 10.0. The van der Waals surface area contributed by atoms with Gasteiger partial charge in [-0.15, -0.1) is 0 Å². The standard InChI is InChI=1S/C18H30N2O4S/c1-13(14-6-8-16(9-7-14)25(21,22)23)12-24-20-17(2,3)10-15(19)11-18(20,4)5/h6-9,13,15H,10-12,19H2,1-5H3,(H,21,22,23). The van der Waals surface area contributed by atoms with E-state index in [2.05, 4.69) is 32.8 Å². The van der Waals surface area contributed by atoms with Gasteiger partial charge >= 0.3 is 0 Å². The fraction of sp³-hybridized carbons (Fsp3) is 0.667. The van der Waals surface area contributed by atoms with Gasteiger partial charge in [0.25, 0.3) is 10.1 Å². The third kappa shape index (κ3) is 4.80. The number of piperidine rings is 1. The van der Waals surface area contributed by atoms with Crippen LogP contribution in [0.3, 0.4) is 0 Å². The molecule has 1 aliphatic rings. The van der Waals surface area contributed by atoms with E-state index in [0.29, 0.717) is 6.61 Å². The molecule has 1 aliphatic heterocycles. The molecule has 0 aliphatic carbocycles. The van der Waals surface area contributed by atoms with E-state index in [-0.39, 0.29) is 27.9 Å². The SMILES string of the molecule is CC(CON1C(C)(C)CC(N)CC1(C)C)c1ccc(S(=O)(=O)O)cc1. The van der Waals surface area contributed by atoms with Gasteiger partial charge in [-0.25, -0.2) is 0 Å². The third-order valence-corrected chi connectivity index (χ3v) is 5.69. The number of hydrogen-bond donors (Lipinski definition) is 2. The summed E-state index contributed by atoms with van der Waals surface area (Å²) in [5.74, 6) is 0.0812. The summed E-state index contributed by atoms with van der Waals surface area (Å²) in [4.78, 5) is 6.09. The predicted octanol–water partition coefficient (Wildman–Crippen LogP) is 2.95. The molecule has 0 amide bonds. The largest absolute Gasteiger partial charge is 0.328 e. The molecule has 1 unspecified atom stereocenters. The molecule has 25 heavy (non-hydrogen) atoms. The van der Waals surface area contributed by atoms with Crippen LogP contribution in [0.15, 0.2) is 29.2 Å². The monoisotopic (exact) mass is 370 g/mol. The molecule has 3 N–H and O–H groups in total. The lowest BCUT2D eigenvalue weighted by molar-refractivity contribution is -0.284. The lowest BCUT2D eigenvalue weighted by Crippen LogP contribution is -2.63. The summed E-state index contributed by atoms with van der Waals surface area (Å²) in [6.07, 6.45) is 1.74. The molecule has 0 saturated carbocycles. The maximum Gasteiger partial charge on any atom is 0.294 e.